The number of benzene rings is 1. The van der Waals surface area contributed by atoms with Crippen molar-refractivity contribution in [3.63, 3.8) is 0 Å². The van der Waals surface area contributed by atoms with E-state index >= 15 is 0 Å². The van der Waals surface area contributed by atoms with Gasteiger partial charge in [-0.3, -0.25) is 0 Å². The average molecular weight is 213 g/mol. The van der Waals surface area contributed by atoms with E-state index in [0.717, 1.165) is 16.3 Å². The fraction of sp³-hybridized carbons (Fsp3) is 0.500. The Hall–Kier alpha value is -0.690. The van der Waals surface area contributed by atoms with E-state index in [-0.39, 0.29) is 6.10 Å². The van der Waals surface area contributed by atoms with Crippen molar-refractivity contribution in [2.24, 2.45) is 0 Å². The summed E-state index contributed by atoms with van der Waals surface area (Å²) in [6.45, 7) is 8.28. The molecule has 0 radical (unpaired) electrons. The molecule has 0 unspecified atom stereocenters. The molecule has 1 aromatic rings. The average Bonchev–Trinajstić information content (AvgIpc) is 2.01. The van der Waals surface area contributed by atoms with Crippen LogP contribution in [0.15, 0.2) is 18.2 Å². The largest absolute Gasteiger partial charge is 0.491 e. The highest BCUT2D eigenvalue weighted by Crippen LogP contribution is 2.33. The van der Waals surface area contributed by atoms with Crippen molar-refractivity contribution in [2.75, 3.05) is 0 Å². The van der Waals surface area contributed by atoms with Crippen molar-refractivity contribution in [3.8, 4) is 5.75 Å². The predicted molar refractivity (Wildman–Crippen MR) is 61.3 cm³/mol. The molecule has 78 valence electrons. The molecule has 0 aromatic heterocycles. The van der Waals surface area contributed by atoms with Crippen LogP contribution < -0.4 is 4.74 Å². The van der Waals surface area contributed by atoms with Crippen LogP contribution in [0.3, 0.4) is 0 Å². The Kier molecular flexibility index (Phi) is 3.82. The van der Waals surface area contributed by atoms with Gasteiger partial charge < -0.3 is 4.74 Å². The van der Waals surface area contributed by atoms with Crippen molar-refractivity contribution in [1.82, 2.24) is 0 Å². The lowest BCUT2D eigenvalue weighted by Crippen LogP contribution is -2.08. The van der Waals surface area contributed by atoms with Gasteiger partial charge in [-0.15, -0.1) is 0 Å². The van der Waals surface area contributed by atoms with E-state index < -0.39 is 0 Å². The highest BCUT2D eigenvalue weighted by molar-refractivity contribution is 6.31. The first-order valence-electron chi connectivity index (χ1n) is 4.97. The molecular weight excluding hydrogens is 196 g/mol. The predicted octanol–water partition coefficient (Wildman–Crippen LogP) is 4.25. The van der Waals surface area contributed by atoms with Gasteiger partial charge in [-0.2, -0.15) is 0 Å². The molecule has 0 fully saturated rings. The molecule has 1 nitrogen and oxygen atoms in total. The van der Waals surface area contributed by atoms with Gasteiger partial charge in [-0.1, -0.05) is 31.5 Å². The Morgan fingerprint density at radius 3 is 2.29 bits per heavy atom. The number of rotatable bonds is 3. The van der Waals surface area contributed by atoms with Crippen molar-refractivity contribution in [3.05, 3.63) is 28.8 Å². The lowest BCUT2D eigenvalue weighted by atomic mass is 10.0. The molecule has 0 aliphatic carbocycles. The van der Waals surface area contributed by atoms with Crippen LogP contribution in [0.1, 0.15) is 39.2 Å². The van der Waals surface area contributed by atoms with Gasteiger partial charge in [0, 0.05) is 10.6 Å². The zero-order chi connectivity index (χ0) is 10.7. The standard InChI is InChI=1S/C12H17ClO/c1-8(2)12-10(13)6-5-7-11(12)14-9(3)4/h5-9H,1-4H3. The molecule has 0 spiro atoms. The summed E-state index contributed by atoms with van der Waals surface area (Å²) >= 11 is 6.13. The number of hydrogen-bond acceptors (Lipinski definition) is 1. The van der Waals surface area contributed by atoms with Crippen LogP contribution in [0.4, 0.5) is 0 Å². The number of hydrogen-bond donors (Lipinski definition) is 0. The maximum Gasteiger partial charge on any atom is 0.124 e. The Bertz CT molecular complexity index is 305. The second kappa shape index (κ2) is 4.70. The Labute approximate surface area is 91.0 Å². The van der Waals surface area contributed by atoms with Crippen molar-refractivity contribution in [2.45, 2.75) is 39.7 Å². The van der Waals surface area contributed by atoms with Gasteiger partial charge in [0.25, 0.3) is 0 Å². The van der Waals surface area contributed by atoms with E-state index in [4.69, 9.17) is 16.3 Å². The fourth-order valence-corrected chi connectivity index (χ4v) is 1.82. The first kappa shape index (κ1) is 11.4. The summed E-state index contributed by atoms with van der Waals surface area (Å²) in [4.78, 5) is 0. The van der Waals surface area contributed by atoms with Gasteiger partial charge in [0.2, 0.25) is 0 Å². The van der Waals surface area contributed by atoms with Crippen LogP contribution in [0.5, 0.6) is 5.75 Å². The highest BCUT2D eigenvalue weighted by Gasteiger charge is 2.12. The summed E-state index contributed by atoms with van der Waals surface area (Å²) in [5, 5.41) is 0.790. The molecule has 0 saturated heterocycles. The van der Waals surface area contributed by atoms with E-state index in [1.807, 2.05) is 32.0 Å². The Balaban J connectivity index is 3.08. The zero-order valence-electron chi connectivity index (χ0n) is 9.17. The molecule has 0 atom stereocenters. The van der Waals surface area contributed by atoms with E-state index in [1.165, 1.54) is 0 Å². The third kappa shape index (κ3) is 2.65. The van der Waals surface area contributed by atoms with Crippen molar-refractivity contribution < 1.29 is 4.74 Å². The van der Waals surface area contributed by atoms with Crippen LogP contribution in [-0.2, 0) is 0 Å². The van der Waals surface area contributed by atoms with Gasteiger partial charge in [-0.25, -0.2) is 0 Å². The molecule has 0 amide bonds. The first-order chi connectivity index (χ1) is 6.52. The molecule has 0 aliphatic heterocycles. The van der Waals surface area contributed by atoms with E-state index in [1.54, 1.807) is 0 Å². The third-order valence-corrected chi connectivity index (χ3v) is 2.28. The SMILES string of the molecule is CC(C)Oc1cccc(Cl)c1C(C)C. The van der Waals surface area contributed by atoms with E-state index in [9.17, 15) is 0 Å². The highest BCUT2D eigenvalue weighted by atomic mass is 35.5. The maximum atomic E-state index is 6.13. The van der Waals surface area contributed by atoms with Crippen molar-refractivity contribution >= 4 is 11.6 Å². The minimum atomic E-state index is 0.186. The zero-order valence-corrected chi connectivity index (χ0v) is 9.93. The molecule has 0 heterocycles. The molecule has 0 aliphatic rings. The summed E-state index contributed by atoms with van der Waals surface area (Å²) in [5.74, 6) is 1.29. The summed E-state index contributed by atoms with van der Waals surface area (Å²) in [7, 11) is 0. The van der Waals surface area contributed by atoms with Gasteiger partial charge in [0.15, 0.2) is 0 Å². The van der Waals surface area contributed by atoms with Crippen molar-refractivity contribution in [1.29, 1.82) is 0 Å². The van der Waals surface area contributed by atoms with E-state index in [0.29, 0.717) is 5.92 Å². The molecule has 1 aromatic carbocycles. The molecule has 0 bridgehead atoms. The number of ether oxygens (including phenoxy) is 1. The third-order valence-electron chi connectivity index (χ3n) is 1.95. The molecule has 0 saturated carbocycles. The maximum absolute atomic E-state index is 6.13. The smallest absolute Gasteiger partial charge is 0.124 e. The van der Waals surface area contributed by atoms with Crippen LogP contribution in [-0.4, -0.2) is 6.10 Å². The van der Waals surface area contributed by atoms with Crippen LogP contribution in [0.2, 0.25) is 5.02 Å². The van der Waals surface area contributed by atoms with Gasteiger partial charge in [0.05, 0.1) is 6.10 Å². The molecular formula is C12H17ClO. The quantitative estimate of drug-likeness (QED) is 0.728. The molecule has 0 N–H and O–H groups in total. The normalized spacial score (nSPS) is 11.1. The molecule has 1 rings (SSSR count). The monoisotopic (exact) mass is 212 g/mol. The topological polar surface area (TPSA) is 9.23 Å². The van der Waals surface area contributed by atoms with Crippen LogP contribution >= 0.6 is 11.6 Å². The van der Waals surface area contributed by atoms with Gasteiger partial charge in [0.1, 0.15) is 5.75 Å². The van der Waals surface area contributed by atoms with Gasteiger partial charge in [-0.05, 0) is 31.9 Å². The second-order valence-electron chi connectivity index (χ2n) is 3.97. The number of halogens is 1. The lowest BCUT2D eigenvalue weighted by molar-refractivity contribution is 0.239. The van der Waals surface area contributed by atoms with Crippen LogP contribution in [0, 0.1) is 0 Å². The molecule has 2 heteroatoms. The van der Waals surface area contributed by atoms with Gasteiger partial charge >= 0.3 is 0 Å². The summed E-state index contributed by atoms with van der Waals surface area (Å²) in [6.07, 6.45) is 0.186. The minimum absolute atomic E-state index is 0.186. The Morgan fingerprint density at radius 2 is 1.79 bits per heavy atom. The minimum Gasteiger partial charge on any atom is -0.491 e. The fourth-order valence-electron chi connectivity index (χ4n) is 1.43. The van der Waals surface area contributed by atoms with Crippen LogP contribution in [0.25, 0.3) is 0 Å². The first-order valence-corrected chi connectivity index (χ1v) is 5.35. The second-order valence-corrected chi connectivity index (χ2v) is 4.38. The van der Waals surface area contributed by atoms with E-state index in [2.05, 4.69) is 13.8 Å². The summed E-state index contributed by atoms with van der Waals surface area (Å²) < 4.78 is 5.70. The lowest BCUT2D eigenvalue weighted by Gasteiger charge is -2.17. The summed E-state index contributed by atoms with van der Waals surface area (Å²) in [6, 6.07) is 5.80. The molecule has 14 heavy (non-hydrogen) atoms. The Morgan fingerprint density at radius 1 is 1.14 bits per heavy atom. The summed E-state index contributed by atoms with van der Waals surface area (Å²) in [5.41, 5.74) is 1.10.